The quantitative estimate of drug-likeness (QED) is 0.411. The van der Waals surface area contributed by atoms with Gasteiger partial charge < -0.3 is 15.3 Å². The van der Waals surface area contributed by atoms with Crippen LogP contribution in [-0.2, 0) is 0 Å². The molecule has 7 heteroatoms. The van der Waals surface area contributed by atoms with E-state index >= 15 is 0 Å². The summed E-state index contributed by atoms with van der Waals surface area (Å²) < 4.78 is 0. The average molecular weight is 265 g/mol. The van der Waals surface area contributed by atoms with Crippen molar-refractivity contribution in [2.45, 2.75) is 25.6 Å². The molecule has 2 unspecified atom stereocenters. The van der Waals surface area contributed by atoms with E-state index in [-0.39, 0.29) is 18.5 Å². The Kier molecular flexibility index (Phi) is 5.32. The molecule has 0 aromatic heterocycles. The highest BCUT2D eigenvalue weighted by molar-refractivity contribution is 5.87. The minimum absolute atomic E-state index is 0.0434. The fourth-order valence-corrected chi connectivity index (χ4v) is 1.69. The fourth-order valence-electron chi connectivity index (χ4n) is 1.69. The summed E-state index contributed by atoms with van der Waals surface area (Å²) >= 11 is 0. The van der Waals surface area contributed by atoms with Gasteiger partial charge in [-0.25, -0.2) is 4.79 Å². The van der Waals surface area contributed by atoms with Gasteiger partial charge in [0, 0.05) is 11.5 Å². The predicted molar refractivity (Wildman–Crippen MR) is 67.7 cm³/mol. The van der Waals surface area contributed by atoms with Gasteiger partial charge >= 0.3 is 5.97 Å². The zero-order valence-corrected chi connectivity index (χ0v) is 10.4. The highest BCUT2D eigenvalue weighted by Gasteiger charge is 2.20. The number of nitrogens with zero attached hydrogens (tertiary/aromatic N) is 3. The summed E-state index contributed by atoms with van der Waals surface area (Å²) in [6, 6.07) is 4.33. The van der Waals surface area contributed by atoms with Gasteiger partial charge in [0.25, 0.3) is 0 Å². The first kappa shape index (κ1) is 15.0. The lowest BCUT2D eigenvalue weighted by Gasteiger charge is -2.19. The molecule has 0 saturated carbocycles. The second-order valence-electron chi connectivity index (χ2n) is 4.13. The molecular weight excluding hydrogens is 250 g/mol. The summed E-state index contributed by atoms with van der Waals surface area (Å²) in [6.07, 6.45) is -2.23. The monoisotopic (exact) mass is 265 g/mol. The van der Waals surface area contributed by atoms with Gasteiger partial charge in [-0.1, -0.05) is 11.2 Å². The molecule has 0 aliphatic heterocycles. The van der Waals surface area contributed by atoms with Crippen molar-refractivity contribution in [3.05, 3.63) is 45.3 Å². The Labute approximate surface area is 109 Å². The molecule has 0 aliphatic carbocycles. The van der Waals surface area contributed by atoms with Gasteiger partial charge in [-0.05, 0) is 42.1 Å². The van der Waals surface area contributed by atoms with E-state index in [2.05, 4.69) is 10.0 Å². The number of aryl methyl sites for hydroxylation is 1. The van der Waals surface area contributed by atoms with Crippen LogP contribution in [0, 0.1) is 6.92 Å². The lowest BCUT2D eigenvalue weighted by atomic mass is 9.96. The number of carboxylic acid groups (broad SMARTS) is 1. The number of azide groups is 1. The van der Waals surface area contributed by atoms with Crippen LogP contribution in [-0.4, -0.2) is 33.9 Å². The summed E-state index contributed by atoms with van der Waals surface area (Å²) in [5.74, 6) is -1.10. The number of aliphatic hydroxyl groups excluding tert-OH is 2. The van der Waals surface area contributed by atoms with E-state index < -0.39 is 18.2 Å². The molecule has 7 nitrogen and oxygen atoms in total. The van der Waals surface area contributed by atoms with E-state index in [0.717, 1.165) is 0 Å². The van der Waals surface area contributed by atoms with Crippen LogP contribution >= 0.6 is 0 Å². The lowest BCUT2D eigenvalue weighted by Crippen LogP contribution is -2.20. The maximum Gasteiger partial charge on any atom is 0.335 e. The Morgan fingerprint density at radius 1 is 1.47 bits per heavy atom. The normalized spacial score (nSPS) is 13.4. The van der Waals surface area contributed by atoms with Gasteiger partial charge in [0.05, 0.1) is 11.7 Å². The third kappa shape index (κ3) is 3.96. The average Bonchev–Trinajstić information content (AvgIpc) is 2.38. The fraction of sp³-hybridized carbons (Fsp3) is 0.417. The highest BCUT2D eigenvalue weighted by Crippen LogP contribution is 2.23. The van der Waals surface area contributed by atoms with Crippen LogP contribution in [0.25, 0.3) is 10.4 Å². The molecule has 0 saturated heterocycles. The Morgan fingerprint density at radius 3 is 2.74 bits per heavy atom. The van der Waals surface area contributed by atoms with Gasteiger partial charge in [0.2, 0.25) is 0 Å². The number of carboxylic acids is 1. The van der Waals surface area contributed by atoms with Crippen molar-refractivity contribution in [3.63, 3.8) is 0 Å². The molecule has 102 valence electrons. The van der Waals surface area contributed by atoms with Crippen LogP contribution in [0.5, 0.6) is 0 Å². The van der Waals surface area contributed by atoms with Crippen molar-refractivity contribution in [3.8, 4) is 0 Å². The van der Waals surface area contributed by atoms with Crippen molar-refractivity contribution < 1.29 is 20.1 Å². The van der Waals surface area contributed by atoms with Crippen LogP contribution in [0.4, 0.5) is 0 Å². The van der Waals surface area contributed by atoms with Crippen molar-refractivity contribution >= 4 is 5.97 Å². The summed E-state index contributed by atoms with van der Waals surface area (Å²) in [4.78, 5) is 13.4. The zero-order chi connectivity index (χ0) is 14.4. The van der Waals surface area contributed by atoms with E-state index in [9.17, 15) is 15.0 Å². The highest BCUT2D eigenvalue weighted by atomic mass is 16.4. The van der Waals surface area contributed by atoms with E-state index in [1.54, 1.807) is 13.0 Å². The summed E-state index contributed by atoms with van der Waals surface area (Å²) in [7, 11) is 0. The smallest absolute Gasteiger partial charge is 0.335 e. The molecule has 0 spiro atoms. The maximum absolute atomic E-state index is 10.9. The first-order valence-electron chi connectivity index (χ1n) is 5.68. The standard InChI is InChI=1S/C12H15N3O4/c1-7-2-3-8(12(18)19)6-9(7)11(17)10(16)4-5-14-15-13/h2-3,6,10-11,16-17H,4-5H2,1H3,(H,18,19). The van der Waals surface area contributed by atoms with Crippen LogP contribution in [0.3, 0.4) is 0 Å². The molecule has 0 heterocycles. The summed E-state index contributed by atoms with van der Waals surface area (Å²) in [5, 5.41) is 31.9. The van der Waals surface area contributed by atoms with E-state index in [4.69, 9.17) is 10.6 Å². The van der Waals surface area contributed by atoms with Gasteiger partial charge in [0.15, 0.2) is 0 Å². The molecular formula is C12H15N3O4. The van der Waals surface area contributed by atoms with E-state index in [1.165, 1.54) is 12.1 Å². The third-order valence-electron chi connectivity index (χ3n) is 2.80. The van der Waals surface area contributed by atoms with Gasteiger partial charge in [-0.15, -0.1) is 0 Å². The SMILES string of the molecule is Cc1ccc(C(=O)O)cc1C(O)C(O)CCN=[N+]=[N-]. The van der Waals surface area contributed by atoms with Gasteiger partial charge in [-0.2, -0.15) is 0 Å². The summed E-state index contributed by atoms with van der Waals surface area (Å²) in [6.45, 7) is 1.77. The van der Waals surface area contributed by atoms with Crippen LogP contribution in [0.15, 0.2) is 23.3 Å². The number of benzene rings is 1. The molecule has 1 rings (SSSR count). The number of aliphatic hydroxyl groups is 2. The predicted octanol–water partition coefficient (Wildman–Crippen LogP) is 1.79. The largest absolute Gasteiger partial charge is 0.478 e. The van der Waals surface area contributed by atoms with Gasteiger partial charge in [0.1, 0.15) is 6.10 Å². The van der Waals surface area contributed by atoms with Gasteiger partial charge in [-0.3, -0.25) is 0 Å². The molecule has 0 radical (unpaired) electrons. The Hall–Kier alpha value is -2.08. The van der Waals surface area contributed by atoms with Crippen LogP contribution in [0.2, 0.25) is 0 Å². The number of rotatable bonds is 6. The minimum atomic E-state index is -1.21. The minimum Gasteiger partial charge on any atom is -0.478 e. The molecule has 0 fully saturated rings. The molecule has 1 aromatic rings. The number of aromatic carboxylic acids is 1. The Morgan fingerprint density at radius 2 is 2.16 bits per heavy atom. The van der Waals surface area contributed by atoms with Crippen molar-refractivity contribution in [1.82, 2.24) is 0 Å². The van der Waals surface area contributed by atoms with Crippen molar-refractivity contribution in [2.75, 3.05) is 6.54 Å². The first-order valence-corrected chi connectivity index (χ1v) is 5.68. The Bertz CT molecular complexity index is 512. The van der Waals surface area contributed by atoms with Crippen LogP contribution in [0.1, 0.15) is 34.0 Å². The van der Waals surface area contributed by atoms with E-state index in [1.807, 2.05) is 0 Å². The van der Waals surface area contributed by atoms with Crippen molar-refractivity contribution in [1.29, 1.82) is 0 Å². The third-order valence-corrected chi connectivity index (χ3v) is 2.80. The second kappa shape index (κ2) is 6.75. The zero-order valence-electron chi connectivity index (χ0n) is 10.4. The lowest BCUT2D eigenvalue weighted by molar-refractivity contribution is 0.0146. The topological polar surface area (TPSA) is 127 Å². The molecule has 2 atom stereocenters. The first-order chi connectivity index (χ1) is 8.97. The number of carbonyl (C=O) groups is 1. The maximum atomic E-state index is 10.9. The van der Waals surface area contributed by atoms with Crippen molar-refractivity contribution in [2.24, 2.45) is 5.11 Å². The number of hydrogen-bond acceptors (Lipinski definition) is 4. The molecule has 3 N–H and O–H groups in total. The summed E-state index contributed by atoms with van der Waals surface area (Å²) in [5.41, 5.74) is 9.20. The molecule has 0 bridgehead atoms. The molecule has 19 heavy (non-hydrogen) atoms. The Balaban J connectivity index is 2.91. The molecule has 0 aliphatic rings. The molecule has 0 amide bonds. The second-order valence-corrected chi connectivity index (χ2v) is 4.13. The number of hydrogen-bond donors (Lipinski definition) is 3. The van der Waals surface area contributed by atoms with E-state index in [0.29, 0.717) is 11.1 Å². The van der Waals surface area contributed by atoms with Crippen LogP contribution < -0.4 is 0 Å². The molecule has 1 aromatic carbocycles.